The number of aliphatic imine (C=N–C) groups is 1. The lowest BCUT2D eigenvalue weighted by molar-refractivity contribution is -0.137. The number of rotatable bonds is 3. The molecule has 1 N–H and O–H groups in total. The Morgan fingerprint density at radius 1 is 1.12 bits per heavy atom. The van der Waals surface area contributed by atoms with E-state index in [-0.39, 0.29) is 0 Å². The smallest absolute Gasteiger partial charge is 0.326 e. The molecular weight excluding hydrogens is 315 g/mol. The van der Waals surface area contributed by atoms with Gasteiger partial charge in [-0.3, -0.25) is 4.99 Å². The first kappa shape index (κ1) is 17.8. The van der Waals surface area contributed by atoms with Crippen LogP contribution < -0.4 is 10.2 Å². The number of aryl methyl sites for hydroxylation is 1. The first-order chi connectivity index (χ1) is 11.3. The third kappa shape index (κ3) is 4.28. The molecule has 2 aromatic carbocycles. The molecule has 0 aliphatic heterocycles. The highest BCUT2D eigenvalue weighted by molar-refractivity contribution is 6.05. The van der Waals surface area contributed by atoms with Crippen LogP contribution >= 0.6 is 0 Å². The molecule has 0 aromatic heterocycles. The lowest BCUT2D eigenvalue weighted by Crippen LogP contribution is -2.33. The van der Waals surface area contributed by atoms with Crippen molar-refractivity contribution >= 4 is 17.3 Å². The van der Waals surface area contributed by atoms with Crippen molar-refractivity contribution in [1.82, 2.24) is 0 Å². The summed E-state index contributed by atoms with van der Waals surface area (Å²) in [5.41, 5.74) is 1.73. The van der Waals surface area contributed by atoms with Crippen LogP contribution in [-0.4, -0.2) is 20.1 Å². The molecule has 0 saturated carbocycles. The van der Waals surface area contributed by atoms with E-state index in [0.29, 0.717) is 11.6 Å². The fourth-order valence-corrected chi connectivity index (χ4v) is 2.30. The molecule has 2 aromatic rings. The summed E-state index contributed by atoms with van der Waals surface area (Å²) in [4.78, 5) is 5.96. The molecule has 0 aliphatic carbocycles. The van der Waals surface area contributed by atoms with Crippen molar-refractivity contribution < 1.29 is 13.2 Å². The molecular formula is C18H20F3N3. The Bertz CT molecular complexity index is 723. The number of alkyl halides is 3. The predicted molar refractivity (Wildman–Crippen MR) is 92.6 cm³/mol. The van der Waals surface area contributed by atoms with Crippen molar-refractivity contribution in [2.45, 2.75) is 19.5 Å². The molecule has 0 spiro atoms. The van der Waals surface area contributed by atoms with Crippen molar-refractivity contribution in [2.75, 3.05) is 24.3 Å². The van der Waals surface area contributed by atoms with Gasteiger partial charge in [0.25, 0.3) is 0 Å². The monoisotopic (exact) mass is 335 g/mol. The van der Waals surface area contributed by atoms with Gasteiger partial charge in [-0.15, -0.1) is 0 Å². The normalized spacial score (nSPS) is 12.2. The van der Waals surface area contributed by atoms with Crippen molar-refractivity contribution in [3.05, 3.63) is 59.7 Å². The fourth-order valence-electron chi connectivity index (χ4n) is 2.30. The van der Waals surface area contributed by atoms with Crippen LogP contribution in [0.5, 0.6) is 0 Å². The van der Waals surface area contributed by atoms with E-state index in [1.807, 2.05) is 31.3 Å². The van der Waals surface area contributed by atoms with E-state index in [0.717, 1.165) is 24.2 Å². The molecule has 0 radical (unpaired) electrons. The highest BCUT2D eigenvalue weighted by Gasteiger charge is 2.30. The molecule has 24 heavy (non-hydrogen) atoms. The van der Waals surface area contributed by atoms with Crippen LogP contribution in [0.4, 0.5) is 24.5 Å². The van der Waals surface area contributed by atoms with Gasteiger partial charge in [-0.2, -0.15) is 13.2 Å². The van der Waals surface area contributed by atoms with Gasteiger partial charge in [-0.05, 0) is 42.3 Å². The lowest BCUT2D eigenvalue weighted by Gasteiger charge is -2.23. The molecule has 0 heterocycles. The molecule has 0 bridgehead atoms. The minimum Gasteiger partial charge on any atom is -0.326 e. The second kappa shape index (κ2) is 7.38. The van der Waals surface area contributed by atoms with E-state index in [1.165, 1.54) is 11.6 Å². The molecule has 0 saturated heterocycles. The molecule has 2 rings (SSSR count). The van der Waals surface area contributed by atoms with Gasteiger partial charge in [0.05, 0.1) is 5.56 Å². The zero-order valence-corrected chi connectivity index (χ0v) is 13.9. The maximum atomic E-state index is 12.8. The summed E-state index contributed by atoms with van der Waals surface area (Å²) in [6.07, 6.45) is -3.47. The van der Waals surface area contributed by atoms with Crippen molar-refractivity contribution in [1.29, 1.82) is 0 Å². The molecule has 0 atom stereocenters. The van der Waals surface area contributed by atoms with Crippen molar-refractivity contribution in [3.63, 3.8) is 0 Å². The Hall–Kier alpha value is -2.50. The number of halogens is 3. The Morgan fingerprint density at radius 2 is 1.83 bits per heavy atom. The fraction of sp³-hybridized carbons (Fsp3) is 0.278. The standard InChI is InChI=1S/C18H20F3N3/c1-4-13-7-5-10-16(11-13)24(3)17(22-2)23-15-9-6-8-14(12-15)18(19,20)21/h5-12H,4H2,1-3H3,(H,22,23). The van der Waals surface area contributed by atoms with Crippen LogP contribution in [0.3, 0.4) is 0 Å². The number of nitrogens with one attached hydrogen (secondary N) is 1. The third-order valence-corrected chi connectivity index (χ3v) is 3.68. The van der Waals surface area contributed by atoms with Gasteiger partial charge in [-0.25, -0.2) is 0 Å². The van der Waals surface area contributed by atoms with E-state index < -0.39 is 11.7 Å². The summed E-state index contributed by atoms with van der Waals surface area (Å²) >= 11 is 0. The summed E-state index contributed by atoms with van der Waals surface area (Å²) in [5.74, 6) is 0.461. The zero-order valence-electron chi connectivity index (χ0n) is 13.9. The predicted octanol–water partition coefficient (Wildman–Crippen LogP) is 4.80. The van der Waals surface area contributed by atoms with Crippen LogP contribution in [0.1, 0.15) is 18.1 Å². The maximum absolute atomic E-state index is 12.8. The Morgan fingerprint density at radius 3 is 2.46 bits per heavy atom. The van der Waals surface area contributed by atoms with Crippen LogP contribution in [0.15, 0.2) is 53.5 Å². The lowest BCUT2D eigenvalue weighted by atomic mass is 10.1. The van der Waals surface area contributed by atoms with Crippen LogP contribution in [0, 0.1) is 0 Å². The first-order valence-electron chi connectivity index (χ1n) is 7.59. The van der Waals surface area contributed by atoms with Gasteiger partial charge in [0, 0.05) is 25.5 Å². The van der Waals surface area contributed by atoms with E-state index >= 15 is 0 Å². The SMILES string of the molecule is CCc1cccc(N(C)C(=NC)Nc2cccc(C(F)(F)F)c2)c1. The maximum Gasteiger partial charge on any atom is 0.416 e. The average molecular weight is 335 g/mol. The Labute approximate surface area is 139 Å². The van der Waals surface area contributed by atoms with Crippen LogP contribution in [0.2, 0.25) is 0 Å². The van der Waals surface area contributed by atoms with Crippen molar-refractivity contribution in [3.8, 4) is 0 Å². The van der Waals surface area contributed by atoms with Gasteiger partial charge in [-0.1, -0.05) is 25.1 Å². The second-order valence-corrected chi connectivity index (χ2v) is 5.33. The highest BCUT2D eigenvalue weighted by Crippen LogP contribution is 2.30. The van der Waals surface area contributed by atoms with Gasteiger partial charge >= 0.3 is 6.18 Å². The van der Waals surface area contributed by atoms with E-state index in [9.17, 15) is 13.2 Å². The van der Waals surface area contributed by atoms with Gasteiger partial charge < -0.3 is 10.2 Å². The number of hydrogen-bond donors (Lipinski definition) is 1. The largest absolute Gasteiger partial charge is 0.416 e. The van der Waals surface area contributed by atoms with Crippen LogP contribution in [0.25, 0.3) is 0 Å². The number of hydrogen-bond acceptors (Lipinski definition) is 1. The first-order valence-corrected chi connectivity index (χ1v) is 7.59. The third-order valence-electron chi connectivity index (χ3n) is 3.68. The quantitative estimate of drug-likeness (QED) is 0.644. The molecule has 128 valence electrons. The topological polar surface area (TPSA) is 27.6 Å². The van der Waals surface area contributed by atoms with Crippen molar-refractivity contribution in [2.24, 2.45) is 4.99 Å². The van der Waals surface area contributed by atoms with Gasteiger partial charge in [0.1, 0.15) is 0 Å². The van der Waals surface area contributed by atoms with E-state index in [1.54, 1.807) is 18.0 Å². The number of benzene rings is 2. The second-order valence-electron chi connectivity index (χ2n) is 5.33. The highest BCUT2D eigenvalue weighted by atomic mass is 19.4. The number of nitrogens with zero attached hydrogens (tertiary/aromatic N) is 2. The van der Waals surface area contributed by atoms with Crippen LogP contribution in [-0.2, 0) is 12.6 Å². The molecule has 6 heteroatoms. The van der Waals surface area contributed by atoms with E-state index in [4.69, 9.17) is 0 Å². The summed E-state index contributed by atoms with van der Waals surface area (Å²) in [6, 6.07) is 13.0. The minimum absolute atomic E-state index is 0.337. The Kier molecular flexibility index (Phi) is 5.49. The number of anilines is 2. The Balaban J connectivity index is 2.23. The summed E-state index contributed by atoms with van der Waals surface area (Å²) in [7, 11) is 3.41. The molecule has 0 unspecified atom stereocenters. The van der Waals surface area contributed by atoms with Gasteiger partial charge in [0.2, 0.25) is 5.96 Å². The summed E-state index contributed by atoms with van der Waals surface area (Å²) < 4.78 is 38.5. The summed E-state index contributed by atoms with van der Waals surface area (Å²) in [6.45, 7) is 2.06. The van der Waals surface area contributed by atoms with E-state index in [2.05, 4.69) is 17.2 Å². The zero-order chi connectivity index (χ0) is 17.7. The molecule has 0 fully saturated rings. The minimum atomic E-state index is -4.37. The average Bonchev–Trinajstić information content (AvgIpc) is 2.58. The molecule has 0 aliphatic rings. The summed E-state index contributed by atoms with van der Waals surface area (Å²) in [5, 5.41) is 2.95. The molecule has 0 amide bonds. The number of guanidine groups is 1. The molecule has 3 nitrogen and oxygen atoms in total. The van der Waals surface area contributed by atoms with Gasteiger partial charge in [0.15, 0.2) is 0 Å².